The lowest BCUT2D eigenvalue weighted by molar-refractivity contribution is 0.0880. The van der Waals surface area contributed by atoms with Gasteiger partial charge in [-0.3, -0.25) is 4.79 Å². The topological polar surface area (TPSA) is 26.3 Å². The Bertz CT molecular complexity index is 580. The quantitative estimate of drug-likeness (QED) is 0.578. The fourth-order valence-electron chi connectivity index (χ4n) is 2.14. The van der Waals surface area contributed by atoms with Crippen LogP contribution in [0.3, 0.4) is 0 Å². The molecule has 0 fully saturated rings. The molecule has 0 saturated carbocycles. The van der Waals surface area contributed by atoms with Crippen molar-refractivity contribution >= 4 is 28.4 Å². The Kier molecular flexibility index (Phi) is 3.07. The predicted octanol–water partition coefficient (Wildman–Crippen LogP) is 3.81. The van der Waals surface area contributed by atoms with Crippen LogP contribution < -0.4 is 4.74 Å². The summed E-state index contributed by atoms with van der Waals surface area (Å²) in [7, 11) is 0. The highest BCUT2D eigenvalue weighted by Crippen LogP contribution is 2.38. The molecule has 2 atom stereocenters. The molecule has 0 aliphatic carbocycles. The van der Waals surface area contributed by atoms with Crippen molar-refractivity contribution < 1.29 is 9.53 Å². The monoisotopic (exact) mass is 350 g/mol. The lowest BCUT2D eigenvalue weighted by Crippen LogP contribution is -2.31. The van der Waals surface area contributed by atoms with Gasteiger partial charge in [0.05, 0.1) is 5.56 Å². The van der Waals surface area contributed by atoms with Gasteiger partial charge in [0.25, 0.3) is 0 Å². The van der Waals surface area contributed by atoms with Crippen LogP contribution in [-0.2, 0) is 0 Å². The Morgan fingerprint density at radius 3 is 2.39 bits per heavy atom. The van der Waals surface area contributed by atoms with Gasteiger partial charge in [-0.15, -0.1) is 0 Å². The number of hydrogen-bond donors (Lipinski definition) is 0. The van der Waals surface area contributed by atoms with Gasteiger partial charge in [0.15, 0.2) is 5.78 Å². The number of carbonyl (C=O) groups excluding carboxylic acids is 1. The van der Waals surface area contributed by atoms with Crippen LogP contribution in [0.4, 0.5) is 0 Å². The molecular weight excluding hydrogens is 339 g/mol. The third-order valence-corrected chi connectivity index (χ3v) is 4.27. The second-order valence-electron chi connectivity index (χ2n) is 4.21. The molecule has 2 aromatic rings. The number of benzene rings is 2. The Labute approximate surface area is 119 Å². The zero-order valence-electron chi connectivity index (χ0n) is 9.55. The minimum absolute atomic E-state index is 0.145. The van der Waals surface area contributed by atoms with E-state index in [1.54, 1.807) is 0 Å². The first-order valence-corrected chi connectivity index (χ1v) is 7.01. The van der Waals surface area contributed by atoms with E-state index in [1.165, 1.54) is 0 Å². The van der Waals surface area contributed by atoms with Crippen LogP contribution in [0.2, 0.25) is 0 Å². The van der Waals surface area contributed by atoms with Crippen molar-refractivity contribution in [3.05, 3.63) is 65.7 Å². The first-order chi connectivity index (χ1) is 8.77. The SMILES string of the molecule is O=C1c2ccccc2O[C@H](c2ccccc2)[C@@H]1I. The second kappa shape index (κ2) is 4.72. The van der Waals surface area contributed by atoms with E-state index in [2.05, 4.69) is 22.6 Å². The summed E-state index contributed by atoms with van der Waals surface area (Å²) in [6, 6.07) is 17.3. The normalized spacial score (nSPS) is 22.2. The van der Waals surface area contributed by atoms with Gasteiger partial charge in [-0.25, -0.2) is 0 Å². The van der Waals surface area contributed by atoms with Crippen LogP contribution in [0.25, 0.3) is 0 Å². The van der Waals surface area contributed by atoms with Crippen molar-refractivity contribution in [1.29, 1.82) is 0 Å². The molecule has 1 aliphatic rings. The van der Waals surface area contributed by atoms with Gasteiger partial charge in [0, 0.05) is 0 Å². The fourth-order valence-corrected chi connectivity index (χ4v) is 3.03. The van der Waals surface area contributed by atoms with Crippen molar-refractivity contribution in [2.24, 2.45) is 0 Å². The lowest BCUT2D eigenvalue weighted by Gasteiger charge is -2.29. The summed E-state index contributed by atoms with van der Waals surface area (Å²) in [5.74, 6) is 0.829. The second-order valence-corrected chi connectivity index (χ2v) is 5.55. The Morgan fingerprint density at radius 1 is 0.944 bits per heavy atom. The molecule has 0 bridgehead atoms. The number of ketones is 1. The van der Waals surface area contributed by atoms with E-state index >= 15 is 0 Å². The van der Waals surface area contributed by atoms with E-state index < -0.39 is 0 Å². The molecule has 0 radical (unpaired) electrons. The largest absolute Gasteiger partial charge is 0.483 e. The molecule has 1 heterocycles. The van der Waals surface area contributed by atoms with E-state index in [-0.39, 0.29) is 15.8 Å². The molecular formula is C15H11IO2. The maximum absolute atomic E-state index is 12.3. The standard InChI is InChI=1S/C15H11IO2/c16-13-14(17)11-8-4-5-9-12(11)18-15(13)10-6-2-1-3-7-10/h1-9,13,15H/t13-,15-/m1/s1. The number of para-hydroxylation sites is 1. The fraction of sp³-hybridized carbons (Fsp3) is 0.133. The average molecular weight is 350 g/mol. The van der Waals surface area contributed by atoms with Gasteiger partial charge in [0.2, 0.25) is 0 Å². The predicted molar refractivity (Wildman–Crippen MR) is 78.4 cm³/mol. The Balaban J connectivity index is 2.04. The van der Waals surface area contributed by atoms with Gasteiger partial charge in [-0.2, -0.15) is 0 Å². The molecule has 0 saturated heterocycles. The molecule has 18 heavy (non-hydrogen) atoms. The Hall–Kier alpha value is -1.36. The summed E-state index contributed by atoms with van der Waals surface area (Å²) < 4.78 is 5.79. The molecule has 0 spiro atoms. The number of hydrogen-bond acceptors (Lipinski definition) is 2. The minimum atomic E-state index is -0.200. The molecule has 0 aromatic heterocycles. The number of alkyl halides is 1. The number of carbonyl (C=O) groups is 1. The van der Waals surface area contributed by atoms with Gasteiger partial charge in [-0.1, -0.05) is 65.1 Å². The molecule has 2 nitrogen and oxygen atoms in total. The highest BCUT2D eigenvalue weighted by molar-refractivity contribution is 14.1. The molecule has 0 amide bonds. The first kappa shape index (κ1) is 11.7. The van der Waals surface area contributed by atoms with E-state index in [0.717, 1.165) is 5.56 Å². The molecule has 3 rings (SSSR count). The van der Waals surface area contributed by atoms with Crippen LogP contribution >= 0.6 is 22.6 Å². The summed E-state index contributed by atoms with van der Waals surface area (Å²) >= 11 is 2.17. The van der Waals surface area contributed by atoms with Crippen molar-refractivity contribution in [2.45, 2.75) is 10.0 Å². The van der Waals surface area contributed by atoms with Gasteiger partial charge < -0.3 is 4.74 Å². The smallest absolute Gasteiger partial charge is 0.183 e. The molecule has 90 valence electrons. The molecule has 0 N–H and O–H groups in total. The third kappa shape index (κ3) is 1.92. The minimum Gasteiger partial charge on any atom is -0.483 e. The molecule has 1 aliphatic heterocycles. The summed E-state index contributed by atoms with van der Waals surface area (Å²) in [4.78, 5) is 12.3. The maximum Gasteiger partial charge on any atom is 0.183 e. The Morgan fingerprint density at radius 2 is 1.61 bits per heavy atom. The maximum atomic E-state index is 12.3. The summed E-state index contributed by atoms with van der Waals surface area (Å²) in [5.41, 5.74) is 1.73. The number of halogens is 1. The summed E-state index contributed by atoms with van der Waals surface area (Å²) in [6.45, 7) is 0. The molecule has 3 heteroatoms. The number of Topliss-reactive ketones (excluding diaryl/α,β-unsaturated/α-hetero) is 1. The average Bonchev–Trinajstić information content (AvgIpc) is 2.44. The van der Waals surface area contributed by atoms with E-state index in [0.29, 0.717) is 11.3 Å². The van der Waals surface area contributed by atoms with Crippen molar-refractivity contribution in [2.75, 3.05) is 0 Å². The van der Waals surface area contributed by atoms with Crippen molar-refractivity contribution in [1.82, 2.24) is 0 Å². The van der Waals surface area contributed by atoms with Gasteiger partial charge in [-0.05, 0) is 17.7 Å². The van der Waals surface area contributed by atoms with Crippen molar-refractivity contribution in [3.8, 4) is 5.75 Å². The van der Waals surface area contributed by atoms with Crippen LogP contribution in [-0.4, -0.2) is 9.71 Å². The van der Waals surface area contributed by atoms with Crippen LogP contribution in [0.1, 0.15) is 22.0 Å². The highest BCUT2D eigenvalue weighted by Gasteiger charge is 2.35. The van der Waals surface area contributed by atoms with E-state index in [1.807, 2.05) is 54.6 Å². The third-order valence-electron chi connectivity index (χ3n) is 3.05. The van der Waals surface area contributed by atoms with E-state index in [4.69, 9.17) is 4.74 Å². The van der Waals surface area contributed by atoms with E-state index in [9.17, 15) is 4.79 Å². The number of ether oxygens (including phenoxy) is 1. The number of fused-ring (bicyclic) bond motifs is 1. The number of rotatable bonds is 1. The first-order valence-electron chi connectivity index (χ1n) is 5.76. The van der Waals surface area contributed by atoms with Gasteiger partial charge in [0.1, 0.15) is 15.8 Å². The van der Waals surface area contributed by atoms with Gasteiger partial charge >= 0.3 is 0 Å². The van der Waals surface area contributed by atoms with Crippen molar-refractivity contribution in [3.63, 3.8) is 0 Å². The zero-order chi connectivity index (χ0) is 12.5. The zero-order valence-corrected chi connectivity index (χ0v) is 11.7. The molecule has 0 unspecified atom stereocenters. The van der Waals surface area contributed by atoms with Crippen LogP contribution in [0, 0.1) is 0 Å². The summed E-state index contributed by atoms with van der Waals surface area (Å²) in [5, 5.41) is 0. The highest BCUT2D eigenvalue weighted by atomic mass is 127. The lowest BCUT2D eigenvalue weighted by atomic mass is 9.96. The summed E-state index contributed by atoms with van der Waals surface area (Å²) in [6.07, 6.45) is -0.200. The molecule has 2 aromatic carbocycles. The van der Waals surface area contributed by atoms with Crippen LogP contribution in [0.15, 0.2) is 54.6 Å². The van der Waals surface area contributed by atoms with Crippen LogP contribution in [0.5, 0.6) is 5.75 Å².